The monoisotopic (exact) mass is 426 g/mol. The Morgan fingerprint density at radius 3 is 2.19 bits per heavy atom. The lowest BCUT2D eigenvalue weighted by molar-refractivity contribution is 0.642. The van der Waals surface area contributed by atoms with Crippen LogP contribution in [0.2, 0.25) is 0 Å². The molecule has 0 saturated carbocycles. The van der Waals surface area contributed by atoms with Crippen molar-refractivity contribution in [3.63, 3.8) is 0 Å². The molecule has 0 atom stereocenters. The van der Waals surface area contributed by atoms with Crippen molar-refractivity contribution in [1.82, 2.24) is 24.7 Å². The highest BCUT2D eigenvalue weighted by atomic mass is 15.4. The molecule has 3 aromatic heterocycles. The molecule has 0 bridgehead atoms. The van der Waals surface area contributed by atoms with Gasteiger partial charge in [-0.25, -0.2) is 9.67 Å². The summed E-state index contributed by atoms with van der Waals surface area (Å²) >= 11 is 0. The van der Waals surface area contributed by atoms with Gasteiger partial charge in [-0.3, -0.25) is 0 Å². The number of hydrogen-bond donors (Lipinski definition) is 0. The maximum atomic E-state index is 5.06. The maximum absolute atomic E-state index is 5.06. The molecular weight excluding hydrogens is 400 g/mol. The molecule has 2 fully saturated rings. The van der Waals surface area contributed by atoms with Gasteiger partial charge in [0.2, 0.25) is 5.95 Å². The first-order valence-corrected chi connectivity index (χ1v) is 11.3. The smallest absolute Gasteiger partial charge is 0.229 e. The molecule has 8 nitrogen and oxygen atoms in total. The van der Waals surface area contributed by atoms with E-state index in [1.165, 1.54) is 12.8 Å². The summed E-state index contributed by atoms with van der Waals surface area (Å²) in [5, 5.41) is 5.70. The van der Waals surface area contributed by atoms with Gasteiger partial charge in [-0.1, -0.05) is 24.3 Å². The molecule has 0 amide bonds. The molecule has 2 aliphatic heterocycles. The molecule has 4 aromatic rings. The van der Waals surface area contributed by atoms with E-state index in [9.17, 15) is 0 Å². The van der Waals surface area contributed by atoms with Crippen molar-refractivity contribution in [1.29, 1.82) is 0 Å². The number of nitrogens with zero attached hydrogens (tertiary/aromatic N) is 8. The van der Waals surface area contributed by atoms with Crippen LogP contribution in [-0.4, -0.2) is 64.0 Å². The van der Waals surface area contributed by atoms with Crippen molar-refractivity contribution >= 4 is 28.6 Å². The first kappa shape index (κ1) is 19.0. The largest absolute Gasteiger partial charge is 0.353 e. The fourth-order valence-corrected chi connectivity index (χ4v) is 4.63. The number of aromatic nitrogens is 5. The Kier molecular flexibility index (Phi) is 4.82. The summed E-state index contributed by atoms with van der Waals surface area (Å²) in [6.45, 7) is 5.62. The Hall–Kier alpha value is -3.68. The topological polar surface area (TPSA) is 66.2 Å². The summed E-state index contributed by atoms with van der Waals surface area (Å²) in [5.74, 6) is 2.84. The number of rotatable bonds is 4. The molecule has 2 aliphatic rings. The second-order valence-electron chi connectivity index (χ2n) is 8.33. The second kappa shape index (κ2) is 8.11. The molecule has 32 heavy (non-hydrogen) atoms. The Bertz CT molecular complexity index is 1190. The van der Waals surface area contributed by atoms with Crippen LogP contribution >= 0.6 is 0 Å². The van der Waals surface area contributed by atoms with E-state index in [-0.39, 0.29) is 0 Å². The van der Waals surface area contributed by atoms with E-state index in [1.807, 2.05) is 47.4 Å². The molecular formula is C24H26N8. The summed E-state index contributed by atoms with van der Waals surface area (Å²) in [7, 11) is 0. The van der Waals surface area contributed by atoms with Gasteiger partial charge in [0.15, 0.2) is 5.65 Å². The standard InChI is InChI=1S/C24H26N8/c1-2-8-19(9-3-1)32-23-20(18-26-32)22(27-24(28-23)31-12-6-7-13-31)30-16-14-29(15-17-30)21-10-4-5-11-25-21/h1-5,8-11,18H,6-7,12-17H2. The number of anilines is 3. The second-order valence-corrected chi connectivity index (χ2v) is 8.33. The fraction of sp³-hybridized carbons (Fsp3) is 0.333. The summed E-state index contributed by atoms with van der Waals surface area (Å²) < 4.78 is 1.93. The van der Waals surface area contributed by atoms with Crippen LogP contribution < -0.4 is 14.7 Å². The zero-order valence-electron chi connectivity index (χ0n) is 18.0. The Morgan fingerprint density at radius 2 is 1.44 bits per heavy atom. The van der Waals surface area contributed by atoms with Gasteiger partial charge in [0.1, 0.15) is 11.6 Å². The van der Waals surface area contributed by atoms with E-state index in [0.717, 1.165) is 73.6 Å². The van der Waals surface area contributed by atoms with Crippen molar-refractivity contribution in [3.05, 3.63) is 60.9 Å². The van der Waals surface area contributed by atoms with Crippen molar-refractivity contribution in [2.75, 3.05) is 54.0 Å². The van der Waals surface area contributed by atoms with Gasteiger partial charge in [-0.05, 0) is 37.1 Å². The lowest BCUT2D eigenvalue weighted by Crippen LogP contribution is -2.47. The number of benzene rings is 1. The summed E-state index contributed by atoms with van der Waals surface area (Å²) in [4.78, 5) is 21.6. The van der Waals surface area contributed by atoms with E-state index in [0.29, 0.717) is 0 Å². The molecule has 162 valence electrons. The highest BCUT2D eigenvalue weighted by Crippen LogP contribution is 2.30. The van der Waals surface area contributed by atoms with Gasteiger partial charge in [0, 0.05) is 45.5 Å². The average Bonchev–Trinajstić information content (AvgIpc) is 3.55. The number of para-hydroxylation sites is 1. The highest BCUT2D eigenvalue weighted by molar-refractivity contribution is 5.89. The van der Waals surface area contributed by atoms with E-state index < -0.39 is 0 Å². The van der Waals surface area contributed by atoms with Crippen LogP contribution in [0.15, 0.2) is 60.9 Å². The van der Waals surface area contributed by atoms with Gasteiger partial charge in [-0.15, -0.1) is 0 Å². The van der Waals surface area contributed by atoms with E-state index in [4.69, 9.17) is 15.1 Å². The molecule has 1 aromatic carbocycles. The molecule has 0 spiro atoms. The normalized spacial score (nSPS) is 16.8. The minimum Gasteiger partial charge on any atom is -0.353 e. The van der Waals surface area contributed by atoms with E-state index in [2.05, 4.69) is 37.9 Å². The summed E-state index contributed by atoms with van der Waals surface area (Å²) in [6, 6.07) is 16.3. The third-order valence-corrected chi connectivity index (χ3v) is 6.34. The summed E-state index contributed by atoms with van der Waals surface area (Å²) in [5.41, 5.74) is 1.88. The van der Waals surface area contributed by atoms with Crippen molar-refractivity contribution in [2.45, 2.75) is 12.8 Å². The van der Waals surface area contributed by atoms with Gasteiger partial charge in [-0.2, -0.15) is 15.1 Å². The number of piperazine rings is 1. The van der Waals surface area contributed by atoms with Crippen LogP contribution in [0.1, 0.15) is 12.8 Å². The number of fused-ring (bicyclic) bond motifs is 1. The van der Waals surface area contributed by atoms with Gasteiger partial charge < -0.3 is 14.7 Å². The van der Waals surface area contributed by atoms with Crippen LogP contribution in [-0.2, 0) is 0 Å². The van der Waals surface area contributed by atoms with Crippen LogP contribution in [0.5, 0.6) is 0 Å². The minimum atomic E-state index is 0.815. The molecule has 8 heteroatoms. The third kappa shape index (κ3) is 3.41. The zero-order valence-corrected chi connectivity index (χ0v) is 18.0. The fourth-order valence-electron chi connectivity index (χ4n) is 4.63. The van der Waals surface area contributed by atoms with Crippen LogP contribution in [0.3, 0.4) is 0 Å². The van der Waals surface area contributed by atoms with Crippen LogP contribution in [0.4, 0.5) is 17.6 Å². The molecule has 0 aliphatic carbocycles. The minimum absolute atomic E-state index is 0.815. The molecule has 0 unspecified atom stereocenters. The molecule has 0 N–H and O–H groups in total. The SMILES string of the molecule is c1ccc(-n2ncc3c(N4CCN(c5ccccn5)CC4)nc(N4CCCC4)nc32)cc1. The highest BCUT2D eigenvalue weighted by Gasteiger charge is 2.25. The Balaban J connectivity index is 1.37. The lowest BCUT2D eigenvalue weighted by Gasteiger charge is -2.36. The van der Waals surface area contributed by atoms with Crippen molar-refractivity contribution in [3.8, 4) is 5.69 Å². The zero-order chi connectivity index (χ0) is 21.3. The number of hydrogen-bond acceptors (Lipinski definition) is 7. The first-order chi connectivity index (χ1) is 15.9. The van der Waals surface area contributed by atoms with Crippen LogP contribution in [0.25, 0.3) is 16.7 Å². The molecule has 5 heterocycles. The van der Waals surface area contributed by atoms with E-state index in [1.54, 1.807) is 0 Å². The Morgan fingerprint density at radius 1 is 0.688 bits per heavy atom. The molecule has 0 radical (unpaired) electrons. The van der Waals surface area contributed by atoms with Crippen molar-refractivity contribution in [2.24, 2.45) is 0 Å². The number of pyridine rings is 1. The predicted octanol–water partition coefficient (Wildman–Crippen LogP) is 3.14. The van der Waals surface area contributed by atoms with Gasteiger partial charge in [0.25, 0.3) is 0 Å². The third-order valence-electron chi connectivity index (χ3n) is 6.34. The van der Waals surface area contributed by atoms with Crippen LogP contribution in [0, 0.1) is 0 Å². The Labute approximate surface area is 187 Å². The van der Waals surface area contributed by atoms with Crippen molar-refractivity contribution < 1.29 is 0 Å². The maximum Gasteiger partial charge on any atom is 0.229 e. The quantitative estimate of drug-likeness (QED) is 0.497. The van der Waals surface area contributed by atoms with Gasteiger partial charge >= 0.3 is 0 Å². The first-order valence-electron chi connectivity index (χ1n) is 11.3. The average molecular weight is 427 g/mol. The molecule has 2 saturated heterocycles. The lowest BCUT2D eigenvalue weighted by atomic mass is 10.2. The van der Waals surface area contributed by atoms with Gasteiger partial charge in [0.05, 0.1) is 17.3 Å². The predicted molar refractivity (Wildman–Crippen MR) is 127 cm³/mol. The van der Waals surface area contributed by atoms with E-state index >= 15 is 0 Å². The molecule has 6 rings (SSSR count). The summed E-state index contributed by atoms with van der Waals surface area (Å²) in [6.07, 6.45) is 6.15.